The van der Waals surface area contributed by atoms with Gasteiger partial charge in [0.05, 0.1) is 27.9 Å². The van der Waals surface area contributed by atoms with Crippen molar-refractivity contribution in [3.8, 4) is 5.75 Å². The minimum absolute atomic E-state index is 0.0155. The van der Waals surface area contributed by atoms with Crippen molar-refractivity contribution in [2.45, 2.75) is 64.3 Å². The molecule has 4 rings (SSSR count). The molecule has 2 heterocycles. The lowest BCUT2D eigenvalue weighted by atomic mass is 9.99. The molecule has 0 fully saturated rings. The fourth-order valence-electron chi connectivity index (χ4n) is 4.13. The number of rotatable bonds is 8. The molecule has 2 atom stereocenters. The fourth-order valence-corrected chi connectivity index (χ4v) is 5.36. The number of unbranched alkanes of at least 4 members (excludes halogenated alkanes) is 2. The summed E-state index contributed by atoms with van der Waals surface area (Å²) in [6.07, 6.45) is 6.87. The molecule has 2 aromatic carbocycles. The van der Waals surface area contributed by atoms with Crippen LogP contribution in [0.4, 0.5) is 0 Å². The summed E-state index contributed by atoms with van der Waals surface area (Å²) in [5.41, 5.74) is 2.74. The molecule has 0 bridgehead atoms. The Kier molecular flexibility index (Phi) is 6.68. The number of amides is 1. The van der Waals surface area contributed by atoms with Crippen molar-refractivity contribution in [1.29, 1.82) is 0 Å². The molecular weight excluding hydrogens is 392 g/mol. The number of nitrogens with one attached hydrogen (secondary N) is 1. The number of ether oxygens (including phenoxy) is 1. The van der Waals surface area contributed by atoms with Crippen LogP contribution in [-0.4, -0.2) is 17.5 Å². The molecule has 3 aromatic rings. The number of benzene rings is 2. The van der Waals surface area contributed by atoms with Gasteiger partial charge in [-0.25, -0.2) is 4.98 Å². The zero-order valence-corrected chi connectivity index (χ0v) is 18.6. The van der Waals surface area contributed by atoms with Crippen LogP contribution in [0.15, 0.2) is 42.5 Å². The maximum absolute atomic E-state index is 13.0. The van der Waals surface area contributed by atoms with Gasteiger partial charge in [0.1, 0.15) is 5.75 Å². The van der Waals surface area contributed by atoms with Gasteiger partial charge in [0.2, 0.25) is 0 Å². The molecule has 1 unspecified atom stereocenters. The van der Waals surface area contributed by atoms with Crippen LogP contribution < -0.4 is 10.1 Å². The second-order valence-electron chi connectivity index (χ2n) is 8.04. The minimum atomic E-state index is -0.0384. The first-order chi connectivity index (χ1) is 14.7. The van der Waals surface area contributed by atoms with E-state index in [0.717, 1.165) is 34.4 Å². The average Bonchev–Trinajstić information content (AvgIpc) is 3.20. The number of carbonyl (C=O) groups is 1. The predicted octanol–water partition coefficient (Wildman–Crippen LogP) is 6.62. The topological polar surface area (TPSA) is 51.2 Å². The van der Waals surface area contributed by atoms with E-state index in [-0.39, 0.29) is 11.9 Å². The van der Waals surface area contributed by atoms with Gasteiger partial charge < -0.3 is 10.1 Å². The third-order valence-electron chi connectivity index (χ3n) is 5.93. The lowest BCUT2D eigenvalue weighted by Gasteiger charge is -2.26. The molecule has 1 N–H and O–H groups in total. The summed E-state index contributed by atoms with van der Waals surface area (Å²) in [5, 5.41) is 4.40. The predicted molar refractivity (Wildman–Crippen MR) is 124 cm³/mol. The third kappa shape index (κ3) is 4.51. The van der Waals surface area contributed by atoms with Crippen LogP contribution in [-0.2, 0) is 0 Å². The molecule has 0 saturated heterocycles. The van der Waals surface area contributed by atoms with E-state index in [0.29, 0.717) is 18.1 Å². The van der Waals surface area contributed by atoms with Crippen molar-refractivity contribution in [2.75, 3.05) is 6.61 Å². The Morgan fingerprint density at radius 3 is 2.93 bits per heavy atom. The largest absolute Gasteiger partial charge is 0.493 e. The molecule has 30 heavy (non-hydrogen) atoms. The number of aromatic nitrogens is 1. The summed E-state index contributed by atoms with van der Waals surface area (Å²) in [5.74, 6) is 1.35. The highest BCUT2D eigenvalue weighted by Crippen LogP contribution is 2.34. The zero-order valence-electron chi connectivity index (χ0n) is 17.8. The summed E-state index contributed by atoms with van der Waals surface area (Å²) >= 11 is 1.74. The summed E-state index contributed by atoms with van der Waals surface area (Å²) in [4.78, 5) is 17.8. The summed E-state index contributed by atoms with van der Waals surface area (Å²) in [7, 11) is 0. The van der Waals surface area contributed by atoms with Crippen molar-refractivity contribution in [2.24, 2.45) is 0 Å². The summed E-state index contributed by atoms with van der Waals surface area (Å²) in [6, 6.07) is 13.8. The van der Waals surface area contributed by atoms with E-state index in [4.69, 9.17) is 9.72 Å². The number of carbonyl (C=O) groups excluding carboxylic acids is 1. The molecule has 1 aromatic heterocycles. The Morgan fingerprint density at radius 2 is 2.10 bits per heavy atom. The van der Waals surface area contributed by atoms with Crippen LogP contribution in [0.2, 0.25) is 0 Å². The molecule has 0 aliphatic carbocycles. The molecule has 0 saturated carbocycles. The van der Waals surface area contributed by atoms with Gasteiger partial charge >= 0.3 is 0 Å². The number of thiazole rings is 1. The molecule has 5 heteroatoms. The smallest absolute Gasteiger partial charge is 0.251 e. The second-order valence-corrected chi connectivity index (χ2v) is 9.10. The van der Waals surface area contributed by atoms with E-state index in [2.05, 4.69) is 19.2 Å². The number of hydrogen-bond donors (Lipinski definition) is 1. The second kappa shape index (κ2) is 9.61. The van der Waals surface area contributed by atoms with Crippen LogP contribution >= 0.6 is 11.3 Å². The van der Waals surface area contributed by atoms with E-state index < -0.39 is 0 Å². The highest BCUT2D eigenvalue weighted by Gasteiger charge is 2.23. The van der Waals surface area contributed by atoms with E-state index in [9.17, 15) is 4.79 Å². The molecule has 0 spiro atoms. The third-order valence-corrected chi connectivity index (χ3v) is 7.11. The average molecular weight is 423 g/mol. The normalized spacial score (nSPS) is 16.7. The molecule has 4 nitrogen and oxygen atoms in total. The van der Waals surface area contributed by atoms with E-state index >= 15 is 0 Å². The molecule has 1 aliphatic heterocycles. The van der Waals surface area contributed by atoms with Crippen LogP contribution in [0.3, 0.4) is 0 Å². The highest BCUT2D eigenvalue weighted by atomic mass is 32.1. The molecule has 158 valence electrons. The Bertz CT molecular complexity index is 1010. The molecule has 1 amide bonds. The zero-order chi connectivity index (χ0) is 20.9. The summed E-state index contributed by atoms with van der Waals surface area (Å²) in [6.45, 7) is 5.10. The van der Waals surface area contributed by atoms with Gasteiger partial charge in [-0.3, -0.25) is 4.79 Å². The van der Waals surface area contributed by atoms with Crippen molar-refractivity contribution in [3.05, 3.63) is 58.6 Å². The molecule has 0 radical (unpaired) electrons. The van der Waals surface area contributed by atoms with Gasteiger partial charge in [0, 0.05) is 23.5 Å². The van der Waals surface area contributed by atoms with E-state index in [1.54, 1.807) is 11.3 Å². The van der Waals surface area contributed by atoms with Crippen LogP contribution in [0.1, 0.15) is 85.3 Å². The van der Waals surface area contributed by atoms with Crippen LogP contribution in [0, 0.1) is 0 Å². The lowest BCUT2D eigenvalue weighted by Crippen LogP contribution is -2.32. The van der Waals surface area contributed by atoms with Gasteiger partial charge in [-0.2, -0.15) is 0 Å². The fraction of sp³-hybridized carbons (Fsp3) is 0.440. The van der Waals surface area contributed by atoms with Crippen LogP contribution in [0.25, 0.3) is 10.2 Å². The number of fused-ring (bicyclic) bond motifs is 2. The Labute approximate surface area is 182 Å². The standard InChI is InChI=1S/C25H30N2O2S/c1-3-5-6-9-17(4-2)25-27-21-13-12-18(16-23(21)30-25)24(28)26-20-14-15-29-22-11-8-7-10-19(20)22/h7-8,10-13,16-17,20H,3-6,9,14-15H2,1-2H3,(H,26,28)/t17?,20-/m0/s1. The van der Waals surface area contributed by atoms with Gasteiger partial charge in [-0.1, -0.05) is 51.3 Å². The first kappa shape index (κ1) is 20.9. The SMILES string of the molecule is CCCCCC(CC)c1nc2ccc(C(=O)N[C@H]3CCOc4ccccc43)cc2s1. The number of hydrogen-bond acceptors (Lipinski definition) is 4. The van der Waals surface area contributed by atoms with Gasteiger partial charge in [-0.05, 0) is 37.1 Å². The van der Waals surface area contributed by atoms with Crippen molar-refractivity contribution >= 4 is 27.5 Å². The first-order valence-electron chi connectivity index (χ1n) is 11.1. The quantitative estimate of drug-likeness (QED) is 0.415. The van der Waals surface area contributed by atoms with E-state index in [1.807, 2.05) is 42.5 Å². The Morgan fingerprint density at radius 1 is 1.23 bits per heavy atom. The minimum Gasteiger partial charge on any atom is -0.493 e. The summed E-state index contributed by atoms with van der Waals surface area (Å²) < 4.78 is 6.81. The van der Waals surface area contributed by atoms with E-state index in [1.165, 1.54) is 30.7 Å². The maximum Gasteiger partial charge on any atom is 0.251 e. The Hall–Kier alpha value is -2.40. The maximum atomic E-state index is 13.0. The lowest BCUT2D eigenvalue weighted by molar-refractivity contribution is 0.0925. The number of para-hydroxylation sites is 1. The Balaban J connectivity index is 1.50. The highest BCUT2D eigenvalue weighted by molar-refractivity contribution is 7.18. The van der Waals surface area contributed by atoms with Gasteiger partial charge in [-0.15, -0.1) is 11.3 Å². The van der Waals surface area contributed by atoms with Crippen molar-refractivity contribution in [1.82, 2.24) is 10.3 Å². The van der Waals surface area contributed by atoms with Gasteiger partial charge in [0.25, 0.3) is 5.91 Å². The van der Waals surface area contributed by atoms with Gasteiger partial charge in [0.15, 0.2) is 0 Å². The molecular formula is C25H30N2O2S. The monoisotopic (exact) mass is 422 g/mol. The van der Waals surface area contributed by atoms with Crippen molar-refractivity contribution in [3.63, 3.8) is 0 Å². The first-order valence-corrected chi connectivity index (χ1v) is 11.9. The van der Waals surface area contributed by atoms with Crippen molar-refractivity contribution < 1.29 is 9.53 Å². The van der Waals surface area contributed by atoms with Crippen LogP contribution in [0.5, 0.6) is 5.75 Å². The number of nitrogens with zero attached hydrogens (tertiary/aromatic N) is 1. The molecule has 1 aliphatic rings.